The van der Waals surface area contributed by atoms with Crippen molar-refractivity contribution in [2.45, 2.75) is 0 Å². The molecule has 0 unspecified atom stereocenters. The minimum absolute atomic E-state index is 0.129. The molecular weight excluding hydrogens is 381 g/mol. The van der Waals surface area contributed by atoms with Crippen molar-refractivity contribution in [2.24, 2.45) is 0 Å². The number of carbonyl (C=O) groups is 3. The molecular formula is C18H13Cl2NO5. The lowest BCUT2D eigenvalue weighted by atomic mass is 10.1. The quantitative estimate of drug-likeness (QED) is 0.574. The van der Waals surface area contributed by atoms with Crippen LogP contribution in [0.4, 0.5) is 0 Å². The number of benzene rings is 2. The van der Waals surface area contributed by atoms with Crippen molar-refractivity contribution in [1.29, 1.82) is 0 Å². The van der Waals surface area contributed by atoms with Gasteiger partial charge in [0.15, 0.2) is 17.3 Å². The standard InChI is InChI=1S/C18H13Cl2NO5/c1-25-15-4-3-9(5-16(15)26-2)14(22)8-21-17(23)10-6-12(19)13(20)7-11(10)18(21)24/h3-7H,8H2,1-2H3. The Morgan fingerprint density at radius 2 is 1.46 bits per heavy atom. The van der Waals surface area contributed by atoms with Gasteiger partial charge in [0.25, 0.3) is 11.8 Å². The molecule has 0 atom stereocenters. The normalized spacial score (nSPS) is 13.0. The topological polar surface area (TPSA) is 72.9 Å². The van der Waals surface area contributed by atoms with Gasteiger partial charge in [0, 0.05) is 5.56 Å². The van der Waals surface area contributed by atoms with Gasteiger partial charge in [-0.1, -0.05) is 23.2 Å². The first-order valence-electron chi connectivity index (χ1n) is 7.47. The zero-order chi connectivity index (χ0) is 19.0. The molecule has 2 aromatic carbocycles. The van der Waals surface area contributed by atoms with E-state index in [1.165, 1.54) is 38.5 Å². The first kappa shape index (κ1) is 18.2. The van der Waals surface area contributed by atoms with Gasteiger partial charge in [-0.05, 0) is 30.3 Å². The van der Waals surface area contributed by atoms with E-state index in [1.54, 1.807) is 6.07 Å². The van der Waals surface area contributed by atoms with E-state index >= 15 is 0 Å². The van der Waals surface area contributed by atoms with Crippen molar-refractivity contribution in [3.63, 3.8) is 0 Å². The van der Waals surface area contributed by atoms with Gasteiger partial charge in [0.2, 0.25) is 0 Å². The SMILES string of the molecule is COc1ccc(C(=O)CN2C(=O)c3cc(Cl)c(Cl)cc3C2=O)cc1OC. The molecule has 0 radical (unpaired) electrons. The summed E-state index contributed by atoms with van der Waals surface area (Å²) in [6.07, 6.45) is 0. The lowest BCUT2D eigenvalue weighted by Gasteiger charge is -2.14. The summed E-state index contributed by atoms with van der Waals surface area (Å²) in [6.45, 7) is -0.406. The Morgan fingerprint density at radius 1 is 0.923 bits per heavy atom. The van der Waals surface area contributed by atoms with Crippen LogP contribution < -0.4 is 9.47 Å². The van der Waals surface area contributed by atoms with E-state index in [-0.39, 0.29) is 26.7 Å². The van der Waals surface area contributed by atoms with Crippen LogP contribution in [0.2, 0.25) is 10.0 Å². The number of methoxy groups -OCH3 is 2. The Bertz CT molecular complexity index is 900. The first-order chi connectivity index (χ1) is 12.4. The molecule has 1 aliphatic rings. The van der Waals surface area contributed by atoms with Gasteiger partial charge >= 0.3 is 0 Å². The highest BCUT2D eigenvalue weighted by Crippen LogP contribution is 2.32. The zero-order valence-corrected chi connectivity index (χ0v) is 15.4. The average molecular weight is 394 g/mol. The third kappa shape index (κ3) is 3.02. The Balaban J connectivity index is 1.87. The molecule has 1 aliphatic heterocycles. The molecule has 0 N–H and O–H groups in total. The third-order valence-electron chi connectivity index (χ3n) is 4.02. The van der Waals surface area contributed by atoms with Gasteiger partial charge in [-0.3, -0.25) is 19.3 Å². The summed E-state index contributed by atoms with van der Waals surface area (Å²) in [5.41, 5.74) is 0.546. The van der Waals surface area contributed by atoms with E-state index in [0.717, 1.165) is 4.90 Å². The monoisotopic (exact) mass is 393 g/mol. The fourth-order valence-corrected chi connectivity index (χ4v) is 3.00. The van der Waals surface area contributed by atoms with E-state index in [2.05, 4.69) is 0 Å². The van der Waals surface area contributed by atoms with E-state index in [9.17, 15) is 14.4 Å². The van der Waals surface area contributed by atoms with Gasteiger partial charge in [0.1, 0.15) is 0 Å². The minimum atomic E-state index is -0.586. The predicted octanol–water partition coefficient (Wildman–Crippen LogP) is 3.49. The molecule has 0 bridgehead atoms. The fraction of sp³-hybridized carbons (Fsp3) is 0.167. The van der Waals surface area contributed by atoms with E-state index in [1.807, 2.05) is 0 Å². The summed E-state index contributed by atoms with van der Waals surface area (Å²) in [5.74, 6) is -0.749. The van der Waals surface area contributed by atoms with Crippen LogP contribution in [0.25, 0.3) is 0 Å². The van der Waals surface area contributed by atoms with Crippen molar-refractivity contribution < 1.29 is 23.9 Å². The van der Waals surface area contributed by atoms with Crippen LogP contribution in [-0.2, 0) is 0 Å². The Hall–Kier alpha value is -2.57. The number of imide groups is 1. The molecule has 26 heavy (non-hydrogen) atoms. The number of hydrogen-bond acceptors (Lipinski definition) is 5. The number of carbonyl (C=O) groups excluding carboxylic acids is 3. The van der Waals surface area contributed by atoms with Crippen LogP contribution in [0, 0.1) is 0 Å². The number of ketones is 1. The number of fused-ring (bicyclic) bond motifs is 1. The molecule has 0 fully saturated rings. The highest BCUT2D eigenvalue weighted by atomic mass is 35.5. The molecule has 6 nitrogen and oxygen atoms in total. The maximum atomic E-state index is 12.5. The molecule has 8 heteroatoms. The Kier molecular flexibility index (Phi) is 4.89. The summed E-state index contributed by atoms with van der Waals surface area (Å²) < 4.78 is 10.3. The predicted molar refractivity (Wildman–Crippen MR) is 95.7 cm³/mol. The lowest BCUT2D eigenvalue weighted by Crippen LogP contribution is -2.34. The smallest absolute Gasteiger partial charge is 0.262 e. The molecule has 0 saturated carbocycles. The van der Waals surface area contributed by atoms with Gasteiger partial charge in [-0.2, -0.15) is 0 Å². The van der Waals surface area contributed by atoms with Crippen molar-refractivity contribution >= 4 is 40.8 Å². The summed E-state index contributed by atoms with van der Waals surface area (Å²) in [6, 6.07) is 7.28. The minimum Gasteiger partial charge on any atom is -0.493 e. The van der Waals surface area contributed by atoms with Crippen LogP contribution >= 0.6 is 23.2 Å². The molecule has 2 aromatic rings. The van der Waals surface area contributed by atoms with Crippen LogP contribution in [0.15, 0.2) is 30.3 Å². The number of ether oxygens (including phenoxy) is 2. The number of Topliss-reactive ketones (excluding diaryl/α,β-unsaturated/α-hetero) is 1. The average Bonchev–Trinajstić information content (AvgIpc) is 2.86. The van der Waals surface area contributed by atoms with E-state index < -0.39 is 24.1 Å². The van der Waals surface area contributed by atoms with Crippen molar-refractivity contribution in [2.75, 3.05) is 20.8 Å². The van der Waals surface area contributed by atoms with Crippen molar-refractivity contribution in [1.82, 2.24) is 4.90 Å². The van der Waals surface area contributed by atoms with Crippen LogP contribution in [0.1, 0.15) is 31.1 Å². The molecule has 3 rings (SSSR count). The summed E-state index contributed by atoms with van der Waals surface area (Å²) in [5, 5.41) is 0.333. The number of rotatable bonds is 5. The Labute approximate surface area is 159 Å². The maximum Gasteiger partial charge on any atom is 0.262 e. The van der Waals surface area contributed by atoms with Gasteiger partial charge in [0.05, 0.1) is 41.9 Å². The number of nitrogens with zero attached hydrogens (tertiary/aromatic N) is 1. The van der Waals surface area contributed by atoms with E-state index in [4.69, 9.17) is 32.7 Å². The first-order valence-corrected chi connectivity index (χ1v) is 8.23. The fourth-order valence-electron chi connectivity index (χ4n) is 2.67. The van der Waals surface area contributed by atoms with Crippen molar-refractivity contribution in [3.8, 4) is 11.5 Å². The molecule has 0 saturated heterocycles. The van der Waals surface area contributed by atoms with Crippen LogP contribution in [0.3, 0.4) is 0 Å². The molecule has 134 valence electrons. The Morgan fingerprint density at radius 3 is 1.96 bits per heavy atom. The van der Waals surface area contributed by atoms with E-state index in [0.29, 0.717) is 11.5 Å². The summed E-state index contributed by atoms with van der Waals surface area (Å²) in [4.78, 5) is 38.4. The van der Waals surface area contributed by atoms with Crippen LogP contribution in [0.5, 0.6) is 11.5 Å². The lowest BCUT2D eigenvalue weighted by molar-refractivity contribution is 0.0624. The molecule has 1 heterocycles. The largest absolute Gasteiger partial charge is 0.493 e. The van der Waals surface area contributed by atoms with Gasteiger partial charge in [-0.15, -0.1) is 0 Å². The number of halogens is 2. The second-order valence-electron chi connectivity index (χ2n) is 5.50. The summed E-state index contributed by atoms with van der Waals surface area (Å²) >= 11 is 11.8. The van der Waals surface area contributed by atoms with Crippen molar-refractivity contribution in [3.05, 3.63) is 57.1 Å². The number of amides is 2. The second-order valence-corrected chi connectivity index (χ2v) is 6.32. The van der Waals surface area contributed by atoms with Gasteiger partial charge in [-0.25, -0.2) is 0 Å². The highest BCUT2D eigenvalue weighted by molar-refractivity contribution is 6.43. The maximum absolute atomic E-state index is 12.5. The molecule has 0 aliphatic carbocycles. The highest BCUT2D eigenvalue weighted by Gasteiger charge is 2.37. The molecule has 0 aromatic heterocycles. The molecule has 2 amide bonds. The molecule has 0 spiro atoms. The second kappa shape index (κ2) is 6.97. The van der Waals surface area contributed by atoms with Gasteiger partial charge < -0.3 is 9.47 Å². The zero-order valence-electron chi connectivity index (χ0n) is 13.8. The van der Waals surface area contributed by atoms with Crippen LogP contribution in [-0.4, -0.2) is 43.3 Å². The number of hydrogen-bond donors (Lipinski definition) is 0. The third-order valence-corrected chi connectivity index (χ3v) is 4.74. The summed E-state index contributed by atoms with van der Waals surface area (Å²) in [7, 11) is 2.93.